The van der Waals surface area contributed by atoms with Crippen molar-refractivity contribution in [3.8, 4) is 0 Å². The molecule has 0 unspecified atom stereocenters. The van der Waals surface area contributed by atoms with E-state index in [-0.39, 0.29) is 0 Å². The SMILES string of the molecule is CC[N+](CC)(CCCN(Cc1ccc(Br)cc1)c1ccc(C(F)(F)F)cn1)Cc1cc(C)cc(C)c1. The Morgan fingerprint density at radius 2 is 1.53 bits per heavy atom. The van der Waals surface area contributed by atoms with Crippen molar-refractivity contribution in [1.29, 1.82) is 0 Å². The highest BCUT2D eigenvalue weighted by atomic mass is 79.9. The van der Waals surface area contributed by atoms with Gasteiger partial charge in [-0.3, -0.25) is 0 Å². The Morgan fingerprint density at radius 3 is 2.06 bits per heavy atom. The molecule has 0 spiro atoms. The van der Waals surface area contributed by atoms with Crippen molar-refractivity contribution in [2.24, 2.45) is 0 Å². The van der Waals surface area contributed by atoms with Gasteiger partial charge in [-0.1, -0.05) is 57.4 Å². The normalized spacial score (nSPS) is 12.1. The van der Waals surface area contributed by atoms with Gasteiger partial charge in [0, 0.05) is 35.7 Å². The Morgan fingerprint density at radius 1 is 0.889 bits per heavy atom. The van der Waals surface area contributed by atoms with Crippen LogP contribution >= 0.6 is 15.9 Å². The number of aromatic nitrogens is 1. The fourth-order valence-electron chi connectivity index (χ4n) is 4.81. The first-order valence-corrected chi connectivity index (χ1v) is 13.3. The minimum absolute atomic E-state index is 0.561. The number of nitrogens with zero attached hydrogens (tertiary/aromatic N) is 3. The highest BCUT2D eigenvalue weighted by molar-refractivity contribution is 9.10. The van der Waals surface area contributed by atoms with Crippen LogP contribution in [0.25, 0.3) is 0 Å². The van der Waals surface area contributed by atoms with Crippen molar-refractivity contribution in [2.75, 3.05) is 31.1 Å². The van der Waals surface area contributed by atoms with Gasteiger partial charge in [-0.05, 0) is 57.5 Å². The quantitative estimate of drug-likeness (QED) is 0.220. The smallest absolute Gasteiger partial charge is 0.352 e. The van der Waals surface area contributed by atoms with E-state index in [0.29, 0.717) is 18.9 Å². The molecule has 0 aliphatic heterocycles. The molecule has 1 aromatic heterocycles. The second kappa shape index (κ2) is 12.2. The Balaban J connectivity index is 1.77. The third kappa shape index (κ3) is 7.81. The fraction of sp³-hybridized carbons (Fsp3) is 0.414. The fourth-order valence-corrected chi connectivity index (χ4v) is 5.08. The van der Waals surface area contributed by atoms with Crippen molar-refractivity contribution in [3.63, 3.8) is 0 Å². The molecule has 7 heteroatoms. The lowest BCUT2D eigenvalue weighted by Crippen LogP contribution is -2.48. The molecule has 0 radical (unpaired) electrons. The van der Waals surface area contributed by atoms with Gasteiger partial charge in [0.05, 0.1) is 25.2 Å². The minimum atomic E-state index is -4.39. The van der Waals surface area contributed by atoms with Crippen molar-refractivity contribution >= 4 is 21.7 Å². The van der Waals surface area contributed by atoms with Crippen molar-refractivity contribution in [1.82, 2.24) is 4.98 Å². The van der Waals surface area contributed by atoms with Gasteiger partial charge >= 0.3 is 6.18 Å². The zero-order valence-corrected chi connectivity index (χ0v) is 23.2. The van der Waals surface area contributed by atoms with Crippen LogP contribution in [0.4, 0.5) is 19.0 Å². The standard InChI is InChI=1S/C29H36BrF3N3/c1-5-36(6-2,21-25-17-22(3)16-23(4)18-25)15-7-14-35(20-24-8-11-27(30)12-9-24)28-13-10-26(19-34-28)29(31,32)33/h8-13,16-19H,5-7,14-15,20-21H2,1-4H3/q+1. The molecular formula is C29H36BrF3N3+. The predicted octanol–water partition coefficient (Wildman–Crippen LogP) is 7.93. The molecule has 0 bridgehead atoms. The van der Waals surface area contributed by atoms with Crippen LogP contribution in [-0.4, -0.2) is 35.6 Å². The lowest BCUT2D eigenvalue weighted by molar-refractivity contribution is -0.937. The van der Waals surface area contributed by atoms with Gasteiger partial charge in [-0.15, -0.1) is 0 Å². The number of benzene rings is 2. The first kappa shape index (κ1) is 28.2. The van der Waals surface area contributed by atoms with Gasteiger partial charge < -0.3 is 9.38 Å². The number of pyridine rings is 1. The average molecular weight is 564 g/mol. The Bertz CT molecular complexity index is 1090. The monoisotopic (exact) mass is 562 g/mol. The number of alkyl halides is 3. The van der Waals surface area contributed by atoms with Gasteiger partial charge in [-0.25, -0.2) is 4.98 Å². The highest BCUT2D eigenvalue weighted by Gasteiger charge is 2.31. The molecule has 0 saturated carbocycles. The maximum absolute atomic E-state index is 13.1. The molecule has 0 atom stereocenters. The Labute approximate surface area is 221 Å². The number of hydrogen-bond donors (Lipinski definition) is 0. The molecule has 0 N–H and O–H groups in total. The van der Waals surface area contributed by atoms with E-state index in [0.717, 1.165) is 59.4 Å². The number of hydrogen-bond acceptors (Lipinski definition) is 2. The number of aryl methyl sites for hydroxylation is 2. The van der Waals surface area contributed by atoms with E-state index >= 15 is 0 Å². The van der Waals surface area contributed by atoms with Crippen LogP contribution in [0.15, 0.2) is 65.3 Å². The maximum atomic E-state index is 13.1. The van der Waals surface area contributed by atoms with Gasteiger partial charge in [0.25, 0.3) is 0 Å². The van der Waals surface area contributed by atoms with Crippen LogP contribution in [0.1, 0.15) is 48.1 Å². The summed E-state index contributed by atoms with van der Waals surface area (Å²) >= 11 is 3.46. The molecule has 0 aliphatic carbocycles. The largest absolute Gasteiger partial charge is 0.417 e. The van der Waals surface area contributed by atoms with Crippen LogP contribution < -0.4 is 4.90 Å². The van der Waals surface area contributed by atoms with E-state index in [1.54, 1.807) is 0 Å². The summed E-state index contributed by atoms with van der Waals surface area (Å²) < 4.78 is 41.2. The van der Waals surface area contributed by atoms with Crippen LogP contribution in [0.5, 0.6) is 0 Å². The second-order valence-corrected chi connectivity index (χ2v) is 10.6. The topological polar surface area (TPSA) is 16.1 Å². The third-order valence-electron chi connectivity index (χ3n) is 6.89. The third-order valence-corrected chi connectivity index (χ3v) is 7.42. The molecule has 0 saturated heterocycles. The molecule has 3 aromatic rings. The van der Waals surface area contributed by atoms with Gasteiger partial charge in [0.2, 0.25) is 0 Å². The van der Waals surface area contributed by atoms with E-state index in [4.69, 9.17) is 0 Å². The molecule has 36 heavy (non-hydrogen) atoms. The summed E-state index contributed by atoms with van der Waals surface area (Å²) in [5, 5.41) is 0. The summed E-state index contributed by atoms with van der Waals surface area (Å²) in [6, 6.07) is 17.4. The Hall–Kier alpha value is -2.38. The zero-order valence-electron chi connectivity index (χ0n) is 21.6. The molecular weight excluding hydrogens is 527 g/mol. The predicted molar refractivity (Wildman–Crippen MR) is 145 cm³/mol. The summed E-state index contributed by atoms with van der Waals surface area (Å²) in [7, 11) is 0. The van der Waals surface area contributed by atoms with Crippen LogP contribution in [0.2, 0.25) is 0 Å². The van der Waals surface area contributed by atoms with Crippen molar-refractivity contribution in [2.45, 2.75) is 53.4 Å². The average Bonchev–Trinajstić information content (AvgIpc) is 2.83. The molecule has 1 heterocycles. The number of anilines is 1. The van der Waals surface area contributed by atoms with Crippen LogP contribution in [-0.2, 0) is 19.3 Å². The van der Waals surface area contributed by atoms with E-state index in [1.807, 2.05) is 24.3 Å². The summed E-state index contributed by atoms with van der Waals surface area (Å²) in [5.74, 6) is 0.561. The van der Waals surface area contributed by atoms with Crippen molar-refractivity contribution in [3.05, 3.63) is 93.1 Å². The summed E-state index contributed by atoms with van der Waals surface area (Å²) in [6.07, 6.45) is -2.55. The number of rotatable bonds is 11. The first-order valence-electron chi connectivity index (χ1n) is 12.5. The van der Waals surface area contributed by atoms with Gasteiger partial charge in [0.1, 0.15) is 12.4 Å². The molecule has 0 fully saturated rings. The highest BCUT2D eigenvalue weighted by Crippen LogP contribution is 2.30. The van der Waals surface area contributed by atoms with E-state index in [9.17, 15) is 13.2 Å². The second-order valence-electron chi connectivity index (χ2n) is 9.66. The Kier molecular flexibility index (Phi) is 9.59. The lowest BCUT2D eigenvalue weighted by atomic mass is 10.1. The molecule has 2 aromatic carbocycles. The van der Waals surface area contributed by atoms with Crippen LogP contribution in [0, 0.1) is 13.8 Å². The van der Waals surface area contributed by atoms with Gasteiger partial charge in [0.15, 0.2) is 0 Å². The van der Waals surface area contributed by atoms with E-state index in [2.05, 4.69) is 71.7 Å². The van der Waals surface area contributed by atoms with Crippen LogP contribution in [0.3, 0.4) is 0 Å². The molecule has 0 aliphatic rings. The lowest BCUT2D eigenvalue weighted by Gasteiger charge is -2.38. The zero-order chi connectivity index (χ0) is 26.3. The van der Waals surface area contributed by atoms with E-state index < -0.39 is 11.7 Å². The van der Waals surface area contributed by atoms with Gasteiger partial charge in [-0.2, -0.15) is 13.2 Å². The van der Waals surface area contributed by atoms with Crippen molar-refractivity contribution < 1.29 is 17.7 Å². The maximum Gasteiger partial charge on any atom is 0.417 e. The number of quaternary nitrogens is 1. The molecule has 3 nitrogen and oxygen atoms in total. The summed E-state index contributed by atoms with van der Waals surface area (Å²) in [4.78, 5) is 6.28. The summed E-state index contributed by atoms with van der Waals surface area (Å²) in [6.45, 7) is 14.1. The molecule has 0 amide bonds. The summed E-state index contributed by atoms with van der Waals surface area (Å²) in [5.41, 5.74) is 4.28. The molecule has 3 rings (SSSR count). The van der Waals surface area contributed by atoms with E-state index in [1.165, 1.54) is 22.8 Å². The molecule has 194 valence electrons. The minimum Gasteiger partial charge on any atom is -0.352 e. The first-order chi connectivity index (χ1) is 17.0. The number of halogens is 4.